The van der Waals surface area contributed by atoms with E-state index in [1.54, 1.807) is 0 Å². The predicted molar refractivity (Wildman–Crippen MR) is 230 cm³/mol. The van der Waals surface area contributed by atoms with Crippen molar-refractivity contribution in [3.8, 4) is 55.6 Å². The zero-order valence-electron chi connectivity index (χ0n) is 32.3. The van der Waals surface area contributed by atoms with E-state index in [9.17, 15) is 0 Å². The van der Waals surface area contributed by atoms with Crippen molar-refractivity contribution < 1.29 is 0 Å². The molecule has 0 saturated carbocycles. The molecule has 0 aromatic heterocycles. The Labute approximate surface area is 319 Å². The van der Waals surface area contributed by atoms with Gasteiger partial charge >= 0.3 is 0 Å². The zero-order valence-corrected chi connectivity index (χ0v) is 32.3. The van der Waals surface area contributed by atoms with Gasteiger partial charge in [0.1, 0.15) is 0 Å². The minimum Gasteiger partial charge on any atom is -0.0619 e. The van der Waals surface area contributed by atoms with Gasteiger partial charge in [0, 0.05) is 16.2 Å². The third kappa shape index (κ3) is 3.99. The number of hydrogen-bond donors (Lipinski definition) is 0. The van der Waals surface area contributed by atoms with Crippen LogP contribution in [0.4, 0.5) is 0 Å². The van der Waals surface area contributed by atoms with E-state index in [2.05, 4.69) is 188 Å². The smallest absolute Gasteiger partial charge is 0.0159 e. The first-order valence-electron chi connectivity index (χ1n) is 19.6. The van der Waals surface area contributed by atoms with Crippen molar-refractivity contribution in [2.45, 2.75) is 64.7 Å². The van der Waals surface area contributed by atoms with E-state index >= 15 is 0 Å². The summed E-state index contributed by atoms with van der Waals surface area (Å²) in [7, 11) is 0. The third-order valence-electron chi connectivity index (χ3n) is 13.7. The minimum atomic E-state index is -0.107. The standard InChI is InChI=1S/C54H44/c1-31-20-23-39-41(26-31)51(33-22-25-38-35-15-9-12-18-45(35)53(4,5)48(38)28-33)43-30-49-40(36-16-10-13-19-46(36)54(49,6)7)29-42(43)50(39)32-21-24-37-34-14-8-11-17-44(34)52(2,3)47(37)27-32/h8-30H,1-7H3. The lowest BCUT2D eigenvalue weighted by Gasteiger charge is -2.25. The van der Waals surface area contributed by atoms with Gasteiger partial charge in [0.25, 0.3) is 0 Å². The molecule has 3 aliphatic rings. The van der Waals surface area contributed by atoms with Crippen LogP contribution in [0.5, 0.6) is 0 Å². The Morgan fingerprint density at radius 3 is 1.20 bits per heavy atom. The van der Waals surface area contributed by atoms with Crippen LogP contribution in [0.1, 0.15) is 80.5 Å². The number of hydrogen-bond acceptors (Lipinski definition) is 0. The Kier molecular flexibility index (Phi) is 6.17. The van der Waals surface area contributed by atoms with Crippen molar-refractivity contribution in [2.75, 3.05) is 0 Å². The Balaban J connectivity index is 1.26. The Hall–Kier alpha value is -5.72. The summed E-state index contributed by atoms with van der Waals surface area (Å²) >= 11 is 0. The number of fused-ring (bicyclic) bond motifs is 11. The highest BCUT2D eigenvalue weighted by atomic mass is 14.4. The van der Waals surface area contributed by atoms with Crippen molar-refractivity contribution in [2.24, 2.45) is 0 Å². The molecule has 0 radical (unpaired) electrons. The van der Waals surface area contributed by atoms with Gasteiger partial charge in [0.15, 0.2) is 0 Å². The molecule has 0 unspecified atom stereocenters. The molecule has 11 rings (SSSR count). The lowest BCUT2D eigenvalue weighted by molar-refractivity contribution is 0.660. The molecule has 0 heteroatoms. The molecule has 0 atom stereocenters. The molecule has 0 amide bonds. The molecule has 0 N–H and O–H groups in total. The molecular formula is C54H44. The van der Waals surface area contributed by atoms with Crippen LogP contribution in [-0.2, 0) is 16.2 Å². The SMILES string of the molecule is Cc1ccc2c(-c3ccc4c(c3)C(C)(C)c3ccccc3-4)c3cc4c(cc3c(-c3ccc5c(c3)C(C)(C)c3ccccc3-5)c2c1)C(C)(C)c1ccccc1-4. The summed E-state index contributed by atoms with van der Waals surface area (Å²) < 4.78 is 0. The molecule has 0 heterocycles. The summed E-state index contributed by atoms with van der Waals surface area (Å²) in [6.07, 6.45) is 0. The number of aryl methyl sites for hydroxylation is 1. The van der Waals surface area contributed by atoms with Gasteiger partial charge in [-0.3, -0.25) is 0 Å². The zero-order chi connectivity index (χ0) is 36.9. The van der Waals surface area contributed by atoms with Crippen molar-refractivity contribution in [1.29, 1.82) is 0 Å². The van der Waals surface area contributed by atoms with Crippen molar-refractivity contribution in [1.82, 2.24) is 0 Å². The van der Waals surface area contributed by atoms with Gasteiger partial charge in [-0.2, -0.15) is 0 Å². The molecule has 260 valence electrons. The molecule has 8 aromatic rings. The van der Waals surface area contributed by atoms with Gasteiger partial charge in [-0.05, 0) is 142 Å². The fraction of sp³-hybridized carbons (Fsp3) is 0.185. The Bertz CT molecular complexity index is 2960. The first-order chi connectivity index (χ1) is 26.0. The van der Waals surface area contributed by atoms with Crippen LogP contribution in [0.15, 0.2) is 140 Å². The van der Waals surface area contributed by atoms with Crippen LogP contribution in [0.2, 0.25) is 0 Å². The summed E-state index contributed by atoms with van der Waals surface area (Å²) in [6.45, 7) is 16.6. The summed E-state index contributed by atoms with van der Waals surface area (Å²) in [6, 6.07) is 53.9. The third-order valence-corrected chi connectivity index (χ3v) is 13.7. The summed E-state index contributed by atoms with van der Waals surface area (Å²) in [5.74, 6) is 0. The first kappa shape index (κ1) is 31.8. The monoisotopic (exact) mass is 692 g/mol. The van der Waals surface area contributed by atoms with Gasteiger partial charge in [-0.25, -0.2) is 0 Å². The minimum absolute atomic E-state index is 0.0803. The molecular weight excluding hydrogens is 649 g/mol. The topological polar surface area (TPSA) is 0 Å². The lowest BCUT2D eigenvalue weighted by atomic mass is 9.77. The van der Waals surface area contributed by atoms with E-state index in [1.807, 2.05) is 0 Å². The maximum Gasteiger partial charge on any atom is 0.0159 e. The first-order valence-corrected chi connectivity index (χ1v) is 19.6. The van der Waals surface area contributed by atoms with Gasteiger partial charge < -0.3 is 0 Å². The van der Waals surface area contributed by atoms with Crippen molar-refractivity contribution >= 4 is 21.5 Å². The van der Waals surface area contributed by atoms with Gasteiger partial charge in [0.05, 0.1) is 0 Å². The van der Waals surface area contributed by atoms with E-state index in [0.717, 1.165) is 0 Å². The van der Waals surface area contributed by atoms with E-state index in [-0.39, 0.29) is 16.2 Å². The van der Waals surface area contributed by atoms with E-state index < -0.39 is 0 Å². The largest absolute Gasteiger partial charge is 0.0619 e. The normalized spacial score (nSPS) is 16.1. The van der Waals surface area contributed by atoms with Crippen LogP contribution in [0.3, 0.4) is 0 Å². The quantitative estimate of drug-likeness (QED) is 0.158. The summed E-state index contributed by atoms with van der Waals surface area (Å²) in [5, 5.41) is 5.29. The average molecular weight is 693 g/mol. The number of benzene rings is 8. The van der Waals surface area contributed by atoms with E-state index in [4.69, 9.17) is 0 Å². The van der Waals surface area contributed by atoms with Crippen LogP contribution >= 0.6 is 0 Å². The van der Waals surface area contributed by atoms with Gasteiger partial charge in [0.2, 0.25) is 0 Å². The molecule has 0 nitrogen and oxygen atoms in total. The highest BCUT2D eigenvalue weighted by molar-refractivity contribution is 6.23. The molecule has 0 saturated heterocycles. The molecule has 54 heavy (non-hydrogen) atoms. The summed E-state index contributed by atoms with van der Waals surface area (Å²) in [4.78, 5) is 0. The second kappa shape index (κ2) is 10.5. The molecule has 0 aliphatic heterocycles. The molecule has 0 spiro atoms. The maximum atomic E-state index is 2.57. The fourth-order valence-corrected chi connectivity index (χ4v) is 10.9. The highest BCUT2D eigenvalue weighted by Crippen LogP contribution is 2.56. The average Bonchev–Trinajstić information content (AvgIpc) is 3.65. The van der Waals surface area contributed by atoms with Crippen LogP contribution in [0, 0.1) is 6.92 Å². The molecule has 0 bridgehead atoms. The fourth-order valence-electron chi connectivity index (χ4n) is 10.9. The Morgan fingerprint density at radius 1 is 0.296 bits per heavy atom. The van der Waals surface area contributed by atoms with Crippen molar-refractivity contribution in [3.05, 3.63) is 178 Å². The van der Waals surface area contributed by atoms with E-state index in [0.29, 0.717) is 0 Å². The van der Waals surface area contributed by atoms with Crippen LogP contribution < -0.4 is 0 Å². The molecule has 3 aliphatic carbocycles. The van der Waals surface area contributed by atoms with E-state index in [1.165, 1.54) is 116 Å². The van der Waals surface area contributed by atoms with Crippen LogP contribution in [0.25, 0.3) is 77.2 Å². The Morgan fingerprint density at radius 2 is 0.685 bits per heavy atom. The van der Waals surface area contributed by atoms with Crippen molar-refractivity contribution in [3.63, 3.8) is 0 Å². The predicted octanol–water partition coefficient (Wildman–Crippen LogP) is 14.6. The maximum absolute atomic E-state index is 2.57. The second-order valence-corrected chi connectivity index (χ2v) is 17.8. The van der Waals surface area contributed by atoms with Gasteiger partial charge in [-0.15, -0.1) is 0 Å². The highest BCUT2D eigenvalue weighted by Gasteiger charge is 2.39. The second-order valence-electron chi connectivity index (χ2n) is 17.8. The van der Waals surface area contributed by atoms with Crippen LogP contribution in [-0.4, -0.2) is 0 Å². The molecule has 0 fully saturated rings. The molecule has 8 aromatic carbocycles. The lowest BCUT2D eigenvalue weighted by Crippen LogP contribution is -2.15. The summed E-state index contributed by atoms with van der Waals surface area (Å²) in [5.41, 5.74) is 22.9. The van der Waals surface area contributed by atoms with Gasteiger partial charge in [-0.1, -0.05) is 162 Å². The number of rotatable bonds is 2.